The van der Waals surface area contributed by atoms with E-state index < -0.39 is 0 Å². The van der Waals surface area contributed by atoms with Gasteiger partial charge in [0.1, 0.15) is 98.9 Å². The molecule has 4 aliphatic heterocycles. The van der Waals surface area contributed by atoms with Crippen LogP contribution in [-0.4, -0.2) is 211 Å². The molecule has 2 aliphatic carbocycles. The van der Waals surface area contributed by atoms with Crippen LogP contribution in [-0.2, 0) is 152 Å². The molecule has 14 rings (SSSR count). The lowest BCUT2D eigenvalue weighted by Gasteiger charge is -2.29. The summed E-state index contributed by atoms with van der Waals surface area (Å²) in [4.78, 5) is 0. The van der Waals surface area contributed by atoms with Gasteiger partial charge >= 0.3 is 0 Å². The number of ether oxygens (including phenoxy) is 20. The lowest BCUT2D eigenvalue weighted by molar-refractivity contribution is 0.00463. The molecule has 0 aromatic heterocycles. The van der Waals surface area contributed by atoms with Gasteiger partial charge in [-0.3, -0.25) is 0 Å². The third-order valence-electron chi connectivity index (χ3n) is 26.7. The fraction of sp³-hybridized carbons (Fsp3) is 0.600. The highest BCUT2D eigenvalue weighted by molar-refractivity contribution is 5.64. The summed E-state index contributed by atoms with van der Waals surface area (Å²) in [6.45, 7) is 66.2. The Morgan fingerprint density at radius 3 is 0.257 bits per heavy atom. The molecule has 8 aromatic rings. The number of hydrogen-bond acceptors (Lipinski definition) is 20. The Hall–Kier alpha value is -8.32. The van der Waals surface area contributed by atoms with Gasteiger partial charge in [-0.1, -0.05) is 263 Å². The van der Waals surface area contributed by atoms with E-state index in [2.05, 4.69) is 263 Å². The van der Waals surface area contributed by atoms with E-state index in [1.165, 1.54) is 44.5 Å². The Morgan fingerprint density at radius 2 is 0.186 bits per heavy atom. The molecule has 4 heterocycles. The number of hydrogen-bond donors (Lipinski definition) is 0. The normalized spacial score (nSPS) is 18.1. The van der Waals surface area contributed by atoms with Crippen LogP contribution in [0.5, 0.6) is 46.0 Å². The number of fused-ring (bicyclic) bond motifs is 24. The second-order valence-corrected chi connectivity index (χ2v) is 46.5. The van der Waals surface area contributed by atoms with Crippen molar-refractivity contribution in [1.82, 2.24) is 0 Å². The van der Waals surface area contributed by atoms with Gasteiger partial charge in [0, 0.05) is 51.4 Å². The minimum absolute atomic E-state index is 0.261. The van der Waals surface area contributed by atoms with Gasteiger partial charge in [0.2, 0.25) is 0 Å². The second kappa shape index (κ2) is 49.0. The van der Waals surface area contributed by atoms with E-state index in [-0.39, 0.29) is 69.7 Å². The zero-order valence-corrected chi connectivity index (χ0v) is 89.7. The molecule has 0 unspecified atom stereocenters. The van der Waals surface area contributed by atoms with E-state index >= 15 is 0 Å². The topological polar surface area (TPSA) is 185 Å². The Morgan fingerprint density at radius 1 is 0.114 bits per heavy atom. The molecule has 24 bridgehead atoms. The second-order valence-electron chi connectivity index (χ2n) is 46.5. The zero-order chi connectivity index (χ0) is 100. The third kappa shape index (κ3) is 30.9. The summed E-state index contributed by atoms with van der Waals surface area (Å²) in [5.74, 6) is 6.50. The molecule has 20 nitrogen and oxygen atoms in total. The first-order chi connectivity index (χ1) is 66.5. The molecular formula is C120H168O20. The van der Waals surface area contributed by atoms with E-state index in [1.807, 2.05) is 0 Å². The van der Waals surface area contributed by atoms with Gasteiger partial charge in [-0.25, -0.2) is 0 Å². The SMILES string of the molecule is CC(C)(C)c1cc2c3c(c1)Cc1cc(C(C)(C)C)cc4c1OCCOCCOCCOCCOc1c(cc(C(C)(C)C)cc1Cc1cc(C(C)(C)C)cc(c1OCCOCCOCCOCCOc1c5cc(C(C)(C)C)cc1Cc1cc(C(C)(C)C)cc6c1OCCOCCOCCOCCOc1c(cc(C(C)(C)C)cc1C5)Cc1cc(C(C)(C)C)cc(c1OCCOCCOCCOCCO3)C6)C4)C2. The highest BCUT2D eigenvalue weighted by Gasteiger charge is 2.35. The molecule has 0 amide bonds. The lowest BCUT2D eigenvalue weighted by Crippen LogP contribution is -2.20. The maximum atomic E-state index is 7.38. The Kier molecular flexibility index (Phi) is 38.2. The van der Waals surface area contributed by atoms with E-state index in [0.29, 0.717) is 236 Å². The molecular weight excluding hydrogens is 1760 g/mol. The van der Waals surface area contributed by atoms with Gasteiger partial charge in [-0.05, 0) is 177 Å². The number of benzene rings is 8. The molecule has 6 aliphatic rings. The molecule has 0 saturated heterocycles. The summed E-state index contributed by atoms with van der Waals surface area (Å²) in [5, 5.41) is 0. The summed E-state index contributed by atoms with van der Waals surface area (Å²) >= 11 is 0. The quantitative estimate of drug-likeness (QED) is 0.130. The van der Waals surface area contributed by atoms with Crippen molar-refractivity contribution in [1.29, 1.82) is 0 Å². The minimum atomic E-state index is -0.263. The van der Waals surface area contributed by atoms with Crippen molar-refractivity contribution in [2.45, 2.75) is 261 Å². The Bertz CT molecular complexity index is 4520. The summed E-state index contributed by atoms with van der Waals surface area (Å²) in [6, 6.07) is 37.9. The monoisotopic (exact) mass is 1930 g/mol. The van der Waals surface area contributed by atoms with Crippen molar-refractivity contribution in [3.8, 4) is 46.0 Å². The van der Waals surface area contributed by atoms with Gasteiger partial charge in [-0.15, -0.1) is 0 Å². The average Bonchev–Trinajstić information content (AvgIpc) is 0.759. The highest BCUT2D eigenvalue weighted by atomic mass is 16.6. The fourth-order valence-electron chi connectivity index (χ4n) is 18.5. The predicted molar refractivity (Wildman–Crippen MR) is 557 cm³/mol. The summed E-state index contributed by atoms with van der Waals surface area (Å²) in [5.41, 5.74) is 24.1. The van der Waals surface area contributed by atoms with Crippen molar-refractivity contribution in [2.75, 3.05) is 211 Å². The van der Waals surface area contributed by atoms with E-state index in [0.717, 1.165) is 135 Å². The van der Waals surface area contributed by atoms with Crippen LogP contribution in [0, 0.1) is 0 Å². The van der Waals surface area contributed by atoms with Gasteiger partial charge in [0.05, 0.1) is 159 Å². The third-order valence-corrected chi connectivity index (χ3v) is 26.7. The molecule has 0 spiro atoms. The van der Waals surface area contributed by atoms with Crippen molar-refractivity contribution < 1.29 is 94.7 Å². The molecule has 768 valence electrons. The first-order valence-electron chi connectivity index (χ1n) is 51.8. The van der Waals surface area contributed by atoms with Crippen molar-refractivity contribution in [2.24, 2.45) is 0 Å². The van der Waals surface area contributed by atoms with E-state index in [4.69, 9.17) is 94.7 Å². The molecule has 0 fully saturated rings. The molecule has 0 radical (unpaired) electrons. The highest BCUT2D eigenvalue weighted by Crippen LogP contribution is 2.49. The maximum Gasteiger partial charge on any atom is 0.126 e. The van der Waals surface area contributed by atoms with Crippen LogP contribution in [0.3, 0.4) is 0 Å². The smallest absolute Gasteiger partial charge is 0.126 e. The van der Waals surface area contributed by atoms with Crippen molar-refractivity contribution in [3.05, 3.63) is 231 Å². The van der Waals surface area contributed by atoms with Crippen LogP contribution in [0.4, 0.5) is 0 Å². The van der Waals surface area contributed by atoms with Crippen LogP contribution in [0.15, 0.2) is 97.1 Å². The first kappa shape index (κ1) is 109. The Labute approximate surface area is 838 Å². The molecule has 0 saturated carbocycles. The maximum absolute atomic E-state index is 7.38. The van der Waals surface area contributed by atoms with Gasteiger partial charge in [0.15, 0.2) is 0 Å². The van der Waals surface area contributed by atoms with Crippen LogP contribution in [0.2, 0.25) is 0 Å². The molecule has 0 atom stereocenters. The summed E-state index contributed by atoms with van der Waals surface area (Å²) in [6.07, 6.45) is 3.92. The minimum Gasteiger partial charge on any atom is -0.491 e. The molecule has 0 N–H and O–H groups in total. The Balaban J connectivity index is 0.897. The molecule has 20 heteroatoms. The lowest BCUT2D eigenvalue weighted by atomic mass is 9.79. The largest absolute Gasteiger partial charge is 0.491 e. The standard InChI is InChI=1S/C120H168O20/c1-113(2,3)97-65-81-57-89-73-101(117(13,14)15)75-91-59-83-67-98(114(4,5)6)68-84-60-92-76-102(118(16,17)18)74-90(110(92)138-54-46-130-38-30-123-29-37-129-45-53-137-109(89)91)58-82(66-97)105(81)133-49-41-125-33-25-121-26-34-126-43-51-135-107-85-61-93-77-103(119(19,20)21)79-95-63-87-71-100(116(10,11)12)72-88(108(87)136-52-44-128-36-28-122-27-35-127-42-50-134-106(83)84)64-96-80-104(120(22,23)24)78-94(62-86(107)70-99(69-85)115(7,8)9)112(96)140-56-48-132-40-32-124-31-39-131-47-55-139-111(93)95/h65-80H,25-64H2,1-24H3. The summed E-state index contributed by atoms with van der Waals surface area (Å²) in [7, 11) is 0. The van der Waals surface area contributed by atoms with Crippen LogP contribution >= 0.6 is 0 Å². The van der Waals surface area contributed by atoms with Gasteiger partial charge in [0.25, 0.3) is 0 Å². The van der Waals surface area contributed by atoms with E-state index in [9.17, 15) is 0 Å². The zero-order valence-electron chi connectivity index (χ0n) is 89.7. The van der Waals surface area contributed by atoms with Crippen LogP contribution in [0.25, 0.3) is 0 Å². The predicted octanol–water partition coefficient (Wildman–Crippen LogP) is 22.4. The van der Waals surface area contributed by atoms with Crippen molar-refractivity contribution >= 4 is 0 Å². The fourth-order valence-corrected chi connectivity index (χ4v) is 18.5. The van der Waals surface area contributed by atoms with Crippen LogP contribution in [0.1, 0.15) is 300 Å². The number of rotatable bonds is 0. The molecule has 140 heavy (non-hydrogen) atoms. The summed E-state index contributed by atoms with van der Waals surface area (Å²) < 4.78 is 135. The average molecular weight is 1930 g/mol. The van der Waals surface area contributed by atoms with Gasteiger partial charge in [-0.2, -0.15) is 0 Å². The van der Waals surface area contributed by atoms with Crippen LogP contribution < -0.4 is 37.9 Å². The van der Waals surface area contributed by atoms with Gasteiger partial charge < -0.3 is 94.7 Å². The first-order valence-corrected chi connectivity index (χ1v) is 51.8. The van der Waals surface area contributed by atoms with E-state index in [1.54, 1.807) is 0 Å². The van der Waals surface area contributed by atoms with Crippen molar-refractivity contribution in [3.63, 3.8) is 0 Å². The molecule has 8 aromatic carbocycles.